The number of rotatable bonds is 5. The second kappa shape index (κ2) is 10.1. The van der Waals surface area contributed by atoms with Gasteiger partial charge < -0.3 is 4.74 Å². The zero-order chi connectivity index (χ0) is 24.4. The lowest BCUT2D eigenvalue weighted by molar-refractivity contribution is -0.139. The minimum atomic E-state index is -0.289. The zero-order valence-corrected chi connectivity index (χ0v) is 21.0. The molecule has 5 heteroatoms. The fourth-order valence-electron chi connectivity index (χ4n) is 4.07. The fraction of sp³-hybridized carbons (Fsp3) is 0.133. The Kier molecular flexibility index (Phi) is 6.76. The zero-order valence-electron chi connectivity index (χ0n) is 19.4. The Morgan fingerprint density at radius 1 is 0.857 bits per heavy atom. The average molecular weight is 498 g/mol. The summed E-state index contributed by atoms with van der Waals surface area (Å²) in [6.45, 7) is 3.96. The summed E-state index contributed by atoms with van der Waals surface area (Å²) in [6, 6.07) is 31.6. The first-order chi connectivity index (χ1) is 17.0. The SMILES string of the molecule is CC(c1ccccc1)[C@H](C)C(=O)Oc1ccc2c(c1)N=C(c1ccc(Cl)cc1)c1ccccc1S2. The summed E-state index contributed by atoms with van der Waals surface area (Å²) >= 11 is 7.79. The first-order valence-corrected chi connectivity index (χ1v) is 12.7. The number of hydrogen-bond donors (Lipinski definition) is 0. The highest BCUT2D eigenvalue weighted by molar-refractivity contribution is 7.99. The lowest BCUT2D eigenvalue weighted by atomic mass is 9.89. The Bertz CT molecular complexity index is 1400. The molecule has 2 atom stereocenters. The molecule has 5 rings (SSSR count). The van der Waals surface area contributed by atoms with E-state index in [2.05, 4.69) is 19.1 Å². The van der Waals surface area contributed by atoms with E-state index in [0.717, 1.165) is 37.9 Å². The normalized spacial score (nSPS) is 14.1. The van der Waals surface area contributed by atoms with Gasteiger partial charge in [0.1, 0.15) is 5.75 Å². The van der Waals surface area contributed by atoms with Crippen LogP contribution in [0, 0.1) is 5.92 Å². The molecule has 3 nitrogen and oxygen atoms in total. The molecule has 0 amide bonds. The number of nitrogens with zero attached hydrogens (tertiary/aromatic N) is 1. The highest BCUT2D eigenvalue weighted by Gasteiger charge is 2.24. The largest absolute Gasteiger partial charge is 0.426 e. The first-order valence-electron chi connectivity index (χ1n) is 11.5. The molecular formula is C30H24ClNO2S. The molecule has 4 aromatic rings. The number of halogens is 1. The van der Waals surface area contributed by atoms with Crippen LogP contribution in [0.15, 0.2) is 112 Å². The molecule has 0 radical (unpaired) electrons. The molecular weight excluding hydrogens is 474 g/mol. The minimum absolute atomic E-state index is 0.0455. The van der Waals surface area contributed by atoms with Crippen LogP contribution in [0.1, 0.15) is 36.5 Å². The molecule has 0 saturated carbocycles. The number of aliphatic imine (C=N–C) groups is 1. The molecule has 0 fully saturated rings. The molecule has 0 N–H and O–H groups in total. The van der Waals surface area contributed by atoms with Crippen LogP contribution in [-0.4, -0.2) is 11.7 Å². The van der Waals surface area contributed by atoms with E-state index in [4.69, 9.17) is 21.3 Å². The standard InChI is InChI=1S/C30H24ClNO2S/c1-19(21-8-4-3-5-9-21)20(2)30(33)34-24-16-17-28-26(18-24)32-29(22-12-14-23(31)15-13-22)25-10-6-7-11-27(25)35-28/h3-20H,1-2H3/t19?,20-/m0/s1. The van der Waals surface area contributed by atoms with Crippen molar-refractivity contribution >= 4 is 40.7 Å². The van der Waals surface area contributed by atoms with Crippen LogP contribution in [0.2, 0.25) is 5.02 Å². The summed E-state index contributed by atoms with van der Waals surface area (Å²) in [6.07, 6.45) is 0. The Hall–Kier alpha value is -3.34. The maximum absolute atomic E-state index is 13.0. The maximum atomic E-state index is 13.0. The molecule has 1 unspecified atom stereocenters. The van der Waals surface area contributed by atoms with Crippen LogP contribution < -0.4 is 4.74 Å². The van der Waals surface area contributed by atoms with Gasteiger partial charge in [-0.25, -0.2) is 4.99 Å². The second-order valence-corrected chi connectivity index (χ2v) is 10.1. The van der Waals surface area contributed by atoms with Gasteiger partial charge in [-0.15, -0.1) is 0 Å². The van der Waals surface area contributed by atoms with Crippen molar-refractivity contribution in [3.05, 3.63) is 119 Å². The summed E-state index contributed by atoms with van der Waals surface area (Å²) in [5, 5.41) is 0.680. The highest BCUT2D eigenvalue weighted by Crippen LogP contribution is 2.43. The summed E-state index contributed by atoms with van der Waals surface area (Å²) in [5.74, 6) is -0.00790. The highest BCUT2D eigenvalue weighted by atomic mass is 35.5. The topological polar surface area (TPSA) is 38.7 Å². The van der Waals surface area contributed by atoms with Crippen LogP contribution in [0.5, 0.6) is 5.75 Å². The van der Waals surface area contributed by atoms with Crippen LogP contribution in [0.4, 0.5) is 5.69 Å². The van der Waals surface area contributed by atoms with Gasteiger partial charge >= 0.3 is 5.97 Å². The van der Waals surface area contributed by atoms with Crippen molar-refractivity contribution in [2.75, 3.05) is 0 Å². The molecule has 1 aliphatic rings. The van der Waals surface area contributed by atoms with Gasteiger partial charge in [0.05, 0.1) is 17.3 Å². The van der Waals surface area contributed by atoms with E-state index in [-0.39, 0.29) is 17.8 Å². The van der Waals surface area contributed by atoms with E-state index < -0.39 is 0 Å². The molecule has 0 spiro atoms. The van der Waals surface area contributed by atoms with Gasteiger partial charge in [0, 0.05) is 32.0 Å². The van der Waals surface area contributed by atoms with Gasteiger partial charge in [0.25, 0.3) is 0 Å². The number of ether oxygens (including phenoxy) is 1. The number of esters is 1. The molecule has 35 heavy (non-hydrogen) atoms. The van der Waals surface area contributed by atoms with Crippen LogP contribution in [0.3, 0.4) is 0 Å². The van der Waals surface area contributed by atoms with Crippen molar-refractivity contribution in [3.8, 4) is 5.75 Å². The molecule has 1 aliphatic heterocycles. The first kappa shape index (κ1) is 23.4. The lowest BCUT2D eigenvalue weighted by Crippen LogP contribution is -2.22. The average Bonchev–Trinajstić information content (AvgIpc) is 3.05. The Labute approximate surface area is 214 Å². The van der Waals surface area contributed by atoms with Gasteiger partial charge in [-0.05, 0) is 41.8 Å². The molecule has 0 saturated heterocycles. The van der Waals surface area contributed by atoms with Gasteiger partial charge in [-0.2, -0.15) is 0 Å². The minimum Gasteiger partial charge on any atom is -0.426 e. The predicted octanol–water partition coefficient (Wildman–Crippen LogP) is 8.32. The molecule has 4 aromatic carbocycles. The monoisotopic (exact) mass is 497 g/mol. The van der Waals surface area contributed by atoms with Crippen molar-refractivity contribution < 1.29 is 9.53 Å². The molecule has 0 aromatic heterocycles. The Balaban J connectivity index is 1.46. The number of benzene rings is 4. The molecule has 0 bridgehead atoms. The van der Waals surface area contributed by atoms with Gasteiger partial charge in [0.15, 0.2) is 0 Å². The van der Waals surface area contributed by atoms with E-state index in [1.54, 1.807) is 11.8 Å². The van der Waals surface area contributed by atoms with Crippen molar-refractivity contribution in [2.24, 2.45) is 10.9 Å². The van der Waals surface area contributed by atoms with Crippen molar-refractivity contribution in [1.29, 1.82) is 0 Å². The van der Waals surface area contributed by atoms with E-state index in [9.17, 15) is 4.79 Å². The molecule has 0 aliphatic carbocycles. The third-order valence-electron chi connectivity index (χ3n) is 6.31. The van der Waals surface area contributed by atoms with E-state index in [0.29, 0.717) is 10.8 Å². The molecule has 174 valence electrons. The van der Waals surface area contributed by atoms with Gasteiger partial charge in [-0.1, -0.05) is 97.9 Å². The summed E-state index contributed by atoms with van der Waals surface area (Å²) in [5.41, 5.74) is 4.77. The summed E-state index contributed by atoms with van der Waals surface area (Å²) < 4.78 is 5.82. The van der Waals surface area contributed by atoms with Gasteiger partial charge in [0.2, 0.25) is 0 Å². The van der Waals surface area contributed by atoms with Crippen molar-refractivity contribution in [3.63, 3.8) is 0 Å². The molecule has 1 heterocycles. The van der Waals surface area contributed by atoms with E-state index in [1.165, 1.54) is 0 Å². The maximum Gasteiger partial charge on any atom is 0.314 e. The number of fused-ring (bicyclic) bond motifs is 2. The number of carbonyl (C=O) groups is 1. The summed E-state index contributed by atoms with van der Waals surface area (Å²) in [4.78, 5) is 20.1. The predicted molar refractivity (Wildman–Crippen MR) is 143 cm³/mol. The summed E-state index contributed by atoms with van der Waals surface area (Å²) in [7, 11) is 0. The van der Waals surface area contributed by atoms with Crippen LogP contribution >= 0.6 is 23.4 Å². The Morgan fingerprint density at radius 3 is 2.34 bits per heavy atom. The smallest absolute Gasteiger partial charge is 0.314 e. The third-order valence-corrected chi connectivity index (χ3v) is 7.70. The Morgan fingerprint density at radius 2 is 1.57 bits per heavy atom. The van der Waals surface area contributed by atoms with Crippen LogP contribution in [-0.2, 0) is 4.79 Å². The fourth-order valence-corrected chi connectivity index (χ4v) is 5.20. The van der Waals surface area contributed by atoms with Crippen molar-refractivity contribution in [2.45, 2.75) is 29.6 Å². The lowest BCUT2D eigenvalue weighted by Gasteiger charge is -2.19. The van der Waals surface area contributed by atoms with E-state index >= 15 is 0 Å². The third kappa shape index (κ3) is 5.04. The number of hydrogen-bond acceptors (Lipinski definition) is 4. The van der Waals surface area contributed by atoms with Crippen LogP contribution in [0.25, 0.3) is 0 Å². The number of carbonyl (C=O) groups excluding carboxylic acids is 1. The van der Waals surface area contributed by atoms with E-state index in [1.807, 2.05) is 91.9 Å². The second-order valence-electron chi connectivity index (χ2n) is 8.60. The van der Waals surface area contributed by atoms with Gasteiger partial charge in [-0.3, -0.25) is 4.79 Å². The van der Waals surface area contributed by atoms with Crippen molar-refractivity contribution in [1.82, 2.24) is 0 Å². The quantitative estimate of drug-likeness (QED) is 0.181.